The maximum absolute atomic E-state index is 14.6. The van der Waals surface area contributed by atoms with Crippen molar-refractivity contribution in [2.75, 3.05) is 33.4 Å². The summed E-state index contributed by atoms with van der Waals surface area (Å²) >= 11 is 12.6. The maximum Gasteiger partial charge on any atom is 0.252 e. The Labute approximate surface area is 282 Å². The minimum Gasteiger partial charge on any atom is -0.496 e. The Morgan fingerprint density at radius 2 is 1.70 bits per heavy atom. The first-order valence-electron chi connectivity index (χ1n) is 16.3. The molecule has 2 N–H and O–H groups in total. The lowest BCUT2D eigenvalue weighted by molar-refractivity contribution is -0.128. The summed E-state index contributed by atoms with van der Waals surface area (Å²) in [6, 6.07) is 18.5. The molecule has 1 saturated heterocycles. The second-order valence-corrected chi connectivity index (χ2v) is 13.4. The molecular weight excluding hydrogens is 621 g/mol. The van der Waals surface area contributed by atoms with Crippen molar-refractivity contribution in [3.8, 4) is 17.2 Å². The number of benzene rings is 3. The number of ether oxygens (including phenoxy) is 3. The number of hydrogen-bond donors (Lipinski definition) is 2. The summed E-state index contributed by atoms with van der Waals surface area (Å²) in [5.41, 5.74) is 6.25. The first kappa shape index (κ1) is 32.7. The lowest BCUT2D eigenvalue weighted by atomic mass is 9.83. The van der Waals surface area contributed by atoms with Gasteiger partial charge in [0.15, 0.2) is 5.75 Å². The van der Waals surface area contributed by atoms with Crippen LogP contribution in [0.15, 0.2) is 60.2 Å². The summed E-state index contributed by atoms with van der Waals surface area (Å²) in [6.07, 6.45) is 4.48. The number of nitrogens with one attached hydrogen (secondary N) is 2. The number of carbonyl (C=O) groups excluding carboxylic acids is 1. The quantitative estimate of drug-likeness (QED) is 0.190. The van der Waals surface area contributed by atoms with Gasteiger partial charge >= 0.3 is 0 Å². The van der Waals surface area contributed by atoms with Gasteiger partial charge in [-0.25, -0.2) is 0 Å². The molecule has 1 unspecified atom stereocenters. The lowest BCUT2D eigenvalue weighted by Crippen LogP contribution is -2.60. The van der Waals surface area contributed by atoms with Gasteiger partial charge in [0.2, 0.25) is 0 Å². The number of amides is 1. The highest BCUT2D eigenvalue weighted by molar-refractivity contribution is 6.37. The molecule has 2 fully saturated rings. The maximum atomic E-state index is 14.6. The number of fused-ring (bicyclic) bond motifs is 2. The highest BCUT2D eigenvalue weighted by atomic mass is 35.5. The van der Waals surface area contributed by atoms with Gasteiger partial charge in [0.25, 0.3) is 5.91 Å². The number of carbonyl (C=O) groups is 1. The molecule has 7 nitrogen and oxygen atoms in total. The number of piperazine rings is 1. The summed E-state index contributed by atoms with van der Waals surface area (Å²) in [4.78, 5) is 16.7. The van der Waals surface area contributed by atoms with Crippen molar-refractivity contribution in [1.82, 2.24) is 15.5 Å². The van der Waals surface area contributed by atoms with Crippen LogP contribution in [0, 0.1) is 13.8 Å². The van der Waals surface area contributed by atoms with E-state index in [0.29, 0.717) is 35.6 Å². The molecule has 3 aromatic rings. The molecule has 1 saturated carbocycles. The number of methoxy groups -OCH3 is 1. The first-order chi connectivity index (χ1) is 22.3. The zero-order valence-electron chi connectivity index (χ0n) is 26.8. The van der Waals surface area contributed by atoms with Gasteiger partial charge in [-0.2, -0.15) is 0 Å². The molecule has 2 aliphatic heterocycles. The third kappa shape index (κ3) is 7.49. The van der Waals surface area contributed by atoms with Crippen molar-refractivity contribution >= 4 is 34.7 Å². The van der Waals surface area contributed by atoms with Crippen molar-refractivity contribution in [2.45, 2.75) is 70.6 Å². The molecular formula is C37H43Cl2N3O4. The third-order valence-electron chi connectivity index (χ3n) is 9.11. The predicted octanol–water partition coefficient (Wildman–Crippen LogP) is 7.14. The SMILES string of the molecule is COc1cccc(CN(C(=O)C2=C(c3cccc(OCCCCOc4c(Cl)cc(C)cc4Cl)c3)CC3CNC[C@H]2N3)C2CC2)c1C. The van der Waals surface area contributed by atoms with Crippen LogP contribution >= 0.6 is 23.2 Å². The molecule has 2 atom stereocenters. The fourth-order valence-electron chi connectivity index (χ4n) is 6.55. The van der Waals surface area contributed by atoms with Crippen LogP contribution in [0.4, 0.5) is 0 Å². The zero-order valence-corrected chi connectivity index (χ0v) is 28.3. The van der Waals surface area contributed by atoms with E-state index >= 15 is 0 Å². The number of nitrogens with zero attached hydrogens (tertiary/aromatic N) is 1. The molecule has 3 aliphatic rings. The van der Waals surface area contributed by atoms with E-state index in [9.17, 15) is 4.79 Å². The Bertz CT molecular complexity index is 1580. The van der Waals surface area contributed by atoms with Gasteiger partial charge in [-0.15, -0.1) is 0 Å². The molecule has 0 radical (unpaired) electrons. The fraction of sp³-hybridized carbons (Fsp3) is 0.432. The second kappa shape index (κ2) is 14.7. The summed E-state index contributed by atoms with van der Waals surface area (Å²) in [5, 5.41) is 8.33. The van der Waals surface area contributed by atoms with E-state index in [2.05, 4.69) is 40.7 Å². The molecule has 2 heterocycles. The van der Waals surface area contributed by atoms with Crippen LogP contribution in [0.5, 0.6) is 17.2 Å². The van der Waals surface area contributed by atoms with Crippen molar-refractivity contribution in [3.63, 3.8) is 0 Å². The Hall–Kier alpha value is -3.23. The number of rotatable bonds is 13. The van der Waals surface area contributed by atoms with E-state index in [1.165, 1.54) is 0 Å². The van der Waals surface area contributed by atoms with Crippen molar-refractivity contribution in [2.24, 2.45) is 0 Å². The van der Waals surface area contributed by atoms with Crippen LogP contribution in [-0.2, 0) is 11.3 Å². The van der Waals surface area contributed by atoms with E-state index in [1.54, 1.807) is 7.11 Å². The van der Waals surface area contributed by atoms with E-state index in [4.69, 9.17) is 37.4 Å². The number of aryl methyl sites for hydroxylation is 1. The molecule has 9 heteroatoms. The Morgan fingerprint density at radius 1 is 0.957 bits per heavy atom. The first-order valence-corrected chi connectivity index (χ1v) is 17.0. The molecule has 0 aromatic heterocycles. The normalized spacial score (nSPS) is 19.2. The van der Waals surface area contributed by atoms with Crippen LogP contribution in [0.3, 0.4) is 0 Å². The average molecular weight is 665 g/mol. The number of unbranched alkanes of at least 4 members (excludes halogenated alkanes) is 1. The van der Waals surface area contributed by atoms with Crippen molar-refractivity contribution in [3.05, 3.63) is 92.5 Å². The summed E-state index contributed by atoms with van der Waals surface area (Å²) in [7, 11) is 1.69. The van der Waals surface area contributed by atoms with Gasteiger partial charge in [0.1, 0.15) is 11.5 Å². The van der Waals surface area contributed by atoms with E-state index in [1.807, 2.05) is 43.3 Å². The van der Waals surface area contributed by atoms with E-state index in [0.717, 1.165) is 90.1 Å². The molecule has 244 valence electrons. The van der Waals surface area contributed by atoms with Crippen LogP contribution in [0.1, 0.15) is 54.4 Å². The van der Waals surface area contributed by atoms with Gasteiger partial charge in [0.05, 0.1) is 36.4 Å². The smallest absolute Gasteiger partial charge is 0.252 e. The van der Waals surface area contributed by atoms with Crippen LogP contribution in [0.25, 0.3) is 5.57 Å². The van der Waals surface area contributed by atoms with Crippen LogP contribution < -0.4 is 24.8 Å². The monoisotopic (exact) mass is 663 g/mol. The molecule has 1 amide bonds. The topological polar surface area (TPSA) is 72.1 Å². The third-order valence-corrected chi connectivity index (χ3v) is 9.68. The largest absolute Gasteiger partial charge is 0.496 e. The summed E-state index contributed by atoms with van der Waals surface area (Å²) in [6.45, 7) is 7.26. The van der Waals surface area contributed by atoms with E-state index < -0.39 is 0 Å². The van der Waals surface area contributed by atoms with Crippen LogP contribution in [-0.4, -0.2) is 62.3 Å². The number of halogens is 2. The zero-order chi connectivity index (χ0) is 32.2. The molecule has 3 aromatic carbocycles. The molecule has 0 spiro atoms. The van der Waals surface area contributed by atoms with Crippen molar-refractivity contribution < 1.29 is 19.0 Å². The van der Waals surface area contributed by atoms with Gasteiger partial charge in [-0.05, 0) is 104 Å². The standard InChI is InChI=1S/C37H43Cl2N3O4/c1-23-16-31(38)36(32(39)17-23)46-15-5-4-14-45-29-10-6-8-25(18-29)30-19-27-20-40-21-33(41-27)35(30)37(43)42(28-12-13-28)22-26-9-7-11-34(44-3)24(26)2/h6-11,16-18,27-28,33,40-41H,4-5,12-15,19-22H2,1-3H3/t27?,33-/m1/s1. The van der Waals surface area contributed by atoms with E-state index in [-0.39, 0.29) is 24.0 Å². The van der Waals surface area contributed by atoms with Gasteiger partial charge in [0, 0.05) is 37.3 Å². The number of hydrogen-bond acceptors (Lipinski definition) is 6. The Balaban J connectivity index is 1.16. The fourth-order valence-corrected chi connectivity index (χ4v) is 7.25. The lowest BCUT2D eigenvalue weighted by Gasteiger charge is -2.41. The second-order valence-electron chi connectivity index (χ2n) is 12.6. The van der Waals surface area contributed by atoms with Gasteiger partial charge in [-0.1, -0.05) is 47.5 Å². The van der Waals surface area contributed by atoms with Gasteiger partial charge < -0.3 is 29.7 Å². The predicted molar refractivity (Wildman–Crippen MR) is 184 cm³/mol. The highest BCUT2D eigenvalue weighted by Gasteiger charge is 2.41. The highest BCUT2D eigenvalue weighted by Crippen LogP contribution is 2.38. The summed E-state index contributed by atoms with van der Waals surface area (Å²) in [5.74, 6) is 2.31. The Kier molecular flexibility index (Phi) is 10.4. The molecule has 46 heavy (non-hydrogen) atoms. The average Bonchev–Trinajstić information content (AvgIpc) is 3.88. The minimum absolute atomic E-state index is 0.0391. The molecule has 6 rings (SSSR count). The Morgan fingerprint density at radius 3 is 2.43 bits per heavy atom. The van der Waals surface area contributed by atoms with Crippen molar-refractivity contribution in [1.29, 1.82) is 0 Å². The molecule has 1 aliphatic carbocycles. The molecule has 2 bridgehead atoms. The van der Waals surface area contributed by atoms with Gasteiger partial charge in [-0.3, -0.25) is 4.79 Å². The summed E-state index contributed by atoms with van der Waals surface area (Å²) < 4.78 is 17.6. The minimum atomic E-state index is -0.0391. The van der Waals surface area contributed by atoms with Crippen LogP contribution in [0.2, 0.25) is 10.0 Å².